The maximum atomic E-state index is 11.9. The number of benzene rings is 2. The Labute approximate surface area is 125 Å². The number of anilines is 1. The zero-order valence-electron chi connectivity index (χ0n) is 10.5. The van der Waals surface area contributed by atoms with Crippen molar-refractivity contribution in [2.24, 2.45) is 0 Å². The van der Waals surface area contributed by atoms with Crippen LogP contribution in [0.4, 0.5) is 5.69 Å². The summed E-state index contributed by atoms with van der Waals surface area (Å²) in [6.45, 7) is 1.98. The smallest absolute Gasteiger partial charge is 0.234 e. The average Bonchev–Trinajstić information content (AvgIpc) is 2.41. The molecule has 0 atom stereocenters. The number of thioether (sulfide) groups is 1. The van der Waals surface area contributed by atoms with Crippen molar-refractivity contribution in [1.29, 1.82) is 0 Å². The van der Waals surface area contributed by atoms with Crippen LogP contribution in [0.3, 0.4) is 0 Å². The molecule has 2 aromatic rings. The van der Waals surface area contributed by atoms with E-state index in [1.807, 2.05) is 55.5 Å². The van der Waals surface area contributed by atoms with Gasteiger partial charge in [-0.1, -0.05) is 34.1 Å². The summed E-state index contributed by atoms with van der Waals surface area (Å²) in [5.74, 6) is 0.429. The summed E-state index contributed by atoms with van der Waals surface area (Å²) >= 11 is 4.92. The van der Waals surface area contributed by atoms with Crippen LogP contribution in [0.15, 0.2) is 57.9 Å². The molecular weight excluding hydrogens is 322 g/mol. The molecule has 1 amide bonds. The molecule has 0 radical (unpaired) electrons. The topological polar surface area (TPSA) is 29.1 Å². The minimum atomic E-state index is 0.0159. The van der Waals surface area contributed by atoms with Crippen molar-refractivity contribution >= 4 is 39.3 Å². The first-order chi connectivity index (χ1) is 9.15. The summed E-state index contributed by atoms with van der Waals surface area (Å²) in [6, 6.07) is 15.7. The molecule has 2 rings (SSSR count). The van der Waals surface area contributed by atoms with E-state index in [-0.39, 0.29) is 5.91 Å². The minimum Gasteiger partial charge on any atom is -0.325 e. The van der Waals surface area contributed by atoms with Gasteiger partial charge in [0, 0.05) is 15.1 Å². The number of nitrogens with one attached hydrogen (secondary N) is 1. The highest BCUT2D eigenvalue weighted by atomic mass is 79.9. The lowest BCUT2D eigenvalue weighted by atomic mass is 10.2. The maximum Gasteiger partial charge on any atom is 0.234 e. The van der Waals surface area contributed by atoms with E-state index in [1.54, 1.807) is 0 Å². The highest BCUT2D eigenvalue weighted by Gasteiger charge is 2.05. The lowest BCUT2D eigenvalue weighted by Crippen LogP contribution is -2.14. The van der Waals surface area contributed by atoms with Crippen LogP contribution >= 0.6 is 27.7 Å². The average molecular weight is 336 g/mol. The predicted molar refractivity (Wildman–Crippen MR) is 84.7 cm³/mol. The largest absolute Gasteiger partial charge is 0.325 e. The molecule has 2 nitrogen and oxygen atoms in total. The van der Waals surface area contributed by atoms with Gasteiger partial charge < -0.3 is 5.32 Å². The number of hydrogen-bond acceptors (Lipinski definition) is 2. The van der Waals surface area contributed by atoms with Gasteiger partial charge >= 0.3 is 0 Å². The van der Waals surface area contributed by atoms with E-state index < -0.39 is 0 Å². The molecule has 0 bridgehead atoms. The molecule has 0 saturated carbocycles. The highest BCUT2D eigenvalue weighted by Crippen LogP contribution is 2.21. The van der Waals surface area contributed by atoms with Gasteiger partial charge in [-0.05, 0) is 42.8 Å². The van der Waals surface area contributed by atoms with E-state index in [4.69, 9.17) is 0 Å². The number of rotatable bonds is 4. The van der Waals surface area contributed by atoms with Crippen LogP contribution in [0.5, 0.6) is 0 Å². The van der Waals surface area contributed by atoms with Crippen molar-refractivity contribution in [3.63, 3.8) is 0 Å². The van der Waals surface area contributed by atoms with Gasteiger partial charge in [0.1, 0.15) is 0 Å². The monoisotopic (exact) mass is 335 g/mol. The normalized spacial score (nSPS) is 10.2. The Morgan fingerprint density at radius 3 is 2.53 bits per heavy atom. The quantitative estimate of drug-likeness (QED) is 0.834. The van der Waals surface area contributed by atoms with Gasteiger partial charge in [0.05, 0.1) is 5.75 Å². The first-order valence-electron chi connectivity index (χ1n) is 5.89. The van der Waals surface area contributed by atoms with Crippen LogP contribution < -0.4 is 5.32 Å². The lowest BCUT2D eigenvalue weighted by Gasteiger charge is -2.07. The van der Waals surface area contributed by atoms with E-state index in [1.165, 1.54) is 11.8 Å². The fourth-order valence-corrected chi connectivity index (χ4v) is 2.54. The van der Waals surface area contributed by atoms with E-state index in [0.29, 0.717) is 5.75 Å². The summed E-state index contributed by atoms with van der Waals surface area (Å²) < 4.78 is 1.04. The van der Waals surface area contributed by atoms with Gasteiger partial charge in [0.25, 0.3) is 0 Å². The second-order valence-electron chi connectivity index (χ2n) is 4.11. The molecular formula is C15H14BrNOS. The molecule has 2 aromatic carbocycles. The third-order valence-electron chi connectivity index (χ3n) is 2.60. The second kappa shape index (κ2) is 6.78. The van der Waals surface area contributed by atoms with Crippen LogP contribution in [0.2, 0.25) is 0 Å². The summed E-state index contributed by atoms with van der Waals surface area (Å²) in [5, 5.41) is 2.92. The molecule has 0 aliphatic rings. The molecule has 0 unspecified atom stereocenters. The van der Waals surface area contributed by atoms with E-state index in [9.17, 15) is 4.79 Å². The van der Waals surface area contributed by atoms with Gasteiger partial charge in [-0.2, -0.15) is 0 Å². The molecule has 0 aromatic heterocycles. The number of carbonyl (C=O) groups excluding carboxylic acids is 1. The Morgan fingerprint density at radius 1 is 1.16 bits per heavy atom. The summed E-state index contributed by atoms with van der Waals surface area (Å²) in [5.41, 5.74) is 1.95. The van der Waals surface area contributed by atoms with Crippen molar-refractivity contribution in [3.8, 4) is 0 Å². The van der Waals surface area contributed by atoms with Gasteiger partial charge in [-0.15, -0.1) is 11.8 Å². The third kappa shape index (κ3) is 4.40. The van der Waals surface area contributed by atoms with E-state index >= 15 is 0 Å². The summed E-state index contributed by atoms with van der Waals surface area (Å²) in [7, 11) is 0. The number of aryl methyl sites for hydroxylation is 1. The molecule has 0 aliphatic carbocycles. The Hall–Kier alpha value is -1.26. The maximum absolute atomic E-state index is 11.9. The summed E-state index contributed by atoms with van der Waals surface area (Å²) in [4.78, 5) is 12.9. The van der Waals surface area contributed by atoms with E-state index in [0.717, 1.165) is 20.6 Å². The van der Waals surface area contributed by atoms with Crippen molar-refractivity contribution in [2.75, 3.05) is 11.1 Å². The molecule has 1 N–H and O–H groups in total. The molecule has 19 heavy (non-hydrogen) atoms. The Morgan fingerprint density at radius 2 is 1.84 bits per heavy atom. The Balaban J connectivity index is 1.88. The number of para-hydroxylation sites is 1. The van der Waals surface area contributed by atoms with Crippen LogP contribution in [0.1, 0.15) is 5.56 Å². The van der Waals surface area contributed by atoms with Crippen molar-refractivity contribution in [2.45, 2.75) is 11.8 Å². The first-order valence-corrected chi connectivity index (χ1v) is 7.67. The molecule has 0 saturated heterocycles. The first kappa shape index (κ1) is 14.2. The SMILES string of the molecule is Cc1ccccc1NC(=O)CSc1ccc(Br)cc1. The number of amides is 1. The van der Waals surface area contributed by atoms with Gasteiger partial charge in [0.15, 0.2) is 0 Å². The van der Waals surface area contributed by atoms with Gasteiger partial charge in [0.2, 0.25) is 5.91 Å². The zero-order chi connectivity index (χ0) is 13.7. The van der Waals surface area contributed by atoms with Gasteiger partial charge in [-0.3, -0.25) is 4.79 Å². The number of halogens is 1. The fourth-order valence-electron chi connectivity index (χ4n) is 1.58. The fraction of sp³-hybridized carbons (Fsp3) is 0.133. The zero-order valence-corrected chi connectivity index (χ0v) is 12.9. The minimum absolute atomic E-state index is 0.0159. The number of carbonyl (C=O) groups is 1. The number of hydrogen-bond donors (Lipinski definition) is 1. The van der Waals surface area contributed by atoms with Crippen LogP contribution in [-0.4, -0.2) is 11.7 Å². The lowest BCUT2D eigenvalue weighted by molar-refractivity contribution is -0.113. The van der Waals surface area contributed by atoms with Crippen LogP contribution in [0.25, 0.3) is 0 Å². The standard InChI is InChI=1S/C15H14BrNOS/c1-11-4-2-3-5-14(11)17-15(18)10-19-13-8-6-12(16)7-9-13/h2-9H,10H2,1H3,(H,17,18). The Bertz CT molecular complexity index is 569. The van der Waals surface area contributed by atoms with Gasteiger partial charge in [-0.25, -0.2) is 0 Å². The third-order valence-corrected chi connectivity index (χ3v) is 4.14. The molecule has 0 aliphatic heterocycles. The highest BCUT2D eigenvalue weighted by molar-refractivity contribution is 9.10. The molecule has 0 spiro atoms. The second-order valence-corrected chi connectivity index (χ2v) is 6.07. The summed E-state index contributed by atoms with van der Waals surface area (Å²) in [6.07, 6.45) is 0. The molecule has 0 fully saturated rings. The predicted octanol–water partition coefficient (Wildman–Crippen LogP) is 4.49. The molecule has 98 valence electrons. The van der Waals surface area contributed by atoms with Crippen LogP contribution in [0, 0.1) is 6.92 Å². The van der Waals surface area contributed by atoms with Crippen molar-refractivity contribution in [3.05, 3.63) is 58.6 Å². The van der Waals surface area contributed by atoms with Crippen molar-refractivity contribution < 1.29 is 4.79 Å². The molecule has 4 heteroatoms. The van der Waals surface area contributed by atoms with Crippen LogP contribution in [-0.2, 0) is 4.79 Å². The molecule has 0 heterocycles. The van der Waals surface area contributed by atoms with E-state index in [2.05, 4.69) is 21.2 Å². The van der Waals surface area contributed by atoms with Crippen molar-refractivity contribution in [1.82, 2.24) is 0 Å². The Kier molecular flexibility index (Phi) is 5.05.